The smallest absolute Gasteiger partial charge is 0.408 e. The van der Waals surface area contributed by atoms with Crippen molar-refractivity contribution >= 4 is 17.9 Å². The van der Waals surface area contributed by atoms with Crippen LogP contribution >= 0.6 is 0 Å². The lowest BCUT2D eigenvalue weighted by Crippen LogP contribution is -2.59. The van der Waals surface area contributed by atoms with Crippen LogP contribution in [0, 0.1) is 0 Å². The molecule has 1 saturated carbocycles. The van der Waals surface area contributed by atoms with Crippen LogP contribution in [0.3, 0.4) is 0 Å². The Bertz CT molecular complexity index is 811. The summed E-state index contributed by atoms with van der Waals surface area (Å²) in [7, 11) is 0. The normalized spacial score (nSPS) is 27.3. The predicted octanol–water partition coefficient (Wildman–Crippen LogP) is 1.31. The Hall–Kier alpha value is -2.65. The highest BCUT2D eigenvalue weighted by Gasteiger charge is 2.49. The highest BCUT2D eigenvalue weighted by Crippen LogP contribution is 2.38. The van der Waals surface area contributed by atoms with E-state index < -0.39 is 17.9 Å². The van der Waals surface area contributed by atoms with Crippen molar-refractivity contribution in [1.29, 1.82) is 0 Å². The van der Waals surface area contributed by atoms with Crippen molar-refractivity contribution < 1.29 is 28.6 Å². The lowest BCUT2D eigenvalue weighted by Gasteiger charge is -2.44. The molecule has 3 amide bonds. The first-order valence-electron chi connectivity index (χ1n) is 10.8. The fourth-order valence-corrected chi connectivity index (χ4v) is 4.75. The van der Waals surface area contributed by atoms with Crippen molar-refractivity contribution in [3.8, 4) is 0 Å². The average molecular weight is 431 g/mol. The van der Waals surface area contributed by atoms with Gasteiger partial charge in [-0.2, -0.15) is 0 Å². The zero-order valence-corrected chi connectivity index (χ0v) is 17.7. The van der Waals surface area contributed by atoms with E-state index in [0.717, 1.165) is 5.56 Å². The maximum Gasteiger partial charge on any atom is 0.408 e. The first-order chi connectivity index (χ1) is 15.0. The van der Waals surface area contributed by atoms with Crippen molar-refractivity contribution in [2.75, 3.05) is 19.8 Å². The quantitative estimate of drug-likeness (QED) is 0.728. The molecule has 3 fully saturated rings. The second kappa shape index (κ2) is 9.23. The fourth-order valence-electron chi connectivity index (χ4n) is 4.75. The monoisotopic (exact) mass is 431 g/mol. The van der Waals surface area contributed by atoms with Crippen molar-refractivity contribution in [3.05, 3.63) is 35.9 Å². The van der Waals surface area contributed by atoms with E-state index in [9.17, 15) is 14.4 Å². The molecular weight excluding hydrogens is 402 g/mol. The highest BCUT2D eigenvalue weighted by molar-refractivity contribution is 5.88. The van der Waals surface area contributed by atoms with Gasteiger partial charge in [-0.05, 0) is 18.4 Å². The topological polar surface area (TPSA) is 106 Å². The third-order valence-corrected chi connectivity index (χ3v) is 6.16. The van der Waals surface area contributed by atoms with E-state index in [1.807, 2.05) is 30.3 Å². The minimum atomic E-state index is -0.675. The van der Waals surface area contributed by atoms with Gasteiger partial charge in [0, 0.05) is 26.3 Å². The molecule has 1 unspecified atom stereocenters. The van der Waals surface area contributed by atoms with E-state index in [1.165, 1.54) is 6.92 Å². The van der Waals surface area contributed by atoms with Gasteiger partial charge in [0.15, 0.2) is 5.79 Å². The van der Waals surface area contributed by atoms with Crippen LogP contribution in [-0.2, 0) is 30.4 Å². The molecule has 2 N–H and O–H groups in total. The molecule has 9 heteroatoms. The van der Waals surface area contributed by atoms with Gasteiger partial charge in [-0.3, -0.25) is 9.59 Å². The number of amides is 3. The molecule has 1 aromatic carbocycles. The number of nitrogens with zero attached hydrogens (tertiary/aromatic N) is 1. The van der Waals surface area contributed by atoms with Gasteiger partial charge in [-0.15, -0.1) is 0 Å². The molecule has 1 aromatic rings. The summed E-state index contributed by atoms with van der Waals surface area (Å²) in [6.45, 7) is 3.20. The van der Waals surface area contributed by atoms with Gasteiger partial charge in [-0.1, -0.05) is 30.3 Å². The van der Waals surface area contributed by atoms with Crippen LogP contribution in [0.2, 0.25) is 0 Å². The van der Waals surface area contributed by atoms with Gasteiger partial charge in [0.2, 0.25) is 11.8 Å². The molecule has 2 aliphatic heterocycles. The molecule has 2 saturated heterocycles. The van der Waals surface area contributed by atoms with Crippen LogP contribution < -0.4 is 10.6 Å². The second-order valence-corrected chi connectivity index (χ2v) is 8.30. The summed E-state index contributed by atoms with van der Waals surface area (Å²) in [5.74, 6) is -0.984. The zero-order chi connectivity index (χ0) is 21.8. The van der Waals surface area contributed by atoms with E-state index in [1.54, 1.807) is 4.90 Å². The van der Waals surface area contributed by atoms with Gasteiger partial charge in [-0.25, -0.2) is 4.79 Å². The van der Waals surface area contributed by atoms with Crippen molar-refractivity contribution in [3.63, 3.8) is 0 Å². The van der Waals surface area contributed by atoms with Gasteiger partial charge in [0.05, 0.1) is 25.3 Å². The molecule has 3 atom stereocenters. The molecule has 0 bridgehead atoms. The lowest BCUT2D eigenvalue weighted by atomic mass is 9.84. The summed E-state index contributed by atoms with van der Waals surface area (Å²) >= 11 is 0. The number of carbonyl (C=O) groups excluding carboxylic acids is 3. The molecule has 0 aromatic heterocycles. The number of ether oxygens (including phenoxy) is 3. The summed E-state index contributed by atoms with van der Waals surface area (Å²) in [4.78, 5) is 38.8. The van der Waals surface area contributed by atoms with Gasteiger partial charge >= 0.3 is 6.09 Å². The first kappa shape index (κ1) is 21.6. The van der Waals surface area contributed by atoms with E-state index in [-0.39, 0.29) is 30.5 Å². The third kappa shape index (κ3) is 4.99. The SMILES string of the molecule is CC(=O)N[C@H]1CC2(CCC1N1CC[C@H](NC(=O)OCc3ccccc3)C1=O)OCCO2. The van der Waals surface area contributed by atoms with E-state index in [2.05, 4.69) is 10.6 Å². The number of likely N-dealkylation sites (tertiary alicyclic amines) is 1. The number of hydrogen-bond acceptors (Lipinski definition) is 6. The molecular formula is C22H29N3O6. The summed E-state index contributed by atoms with van der Waals surface area (Å²) in [5.41, 5.74) is 0.877. The summed E-state index contributed by atoms with van der Waals surface area (Å²) in [5, 5.41) is 5.65. The van der Waals surface area contributed by atoms with Gasteiger partial charge in [0.25, 0.3) is 0 Å². The van der Waals surface area contributed by atoms with Gasteiger partial charge in [0.1, 0.15) is 12.6 Å². The largest absolute Gasteiger partial charge is 0.445 e. The fraction of sp³-hybridized carbons (Fsp3) is 0.591. The summed E-state index contributed by atoms with van der Waals surface area (Å²) < 4.78 is 16.9. The Labute approximate surface area is 181 Å². The van der Waals surface area contributed by atoms with Crippen LogP contribution in [-0.4, -0.2) is 66.5 Å². The molecule has 1 spiro atoms. The Morgan fingerprint density at radius 3 is 2.61 bits per heavy atom. The van der Waals surface area contributed by atoms with E-state index in [4.69, 9.17) is 14.2 Å². The van der Waals surface area contributed by atoms with E-state index in [0.29, 0.717) is 45.4 Å². The maximum absolute atomic E-state index is 13.0. The van der Waals surface area contributed by atoms with Crippen LogP contribution in [0.5, 0.6) is 0 Å². The molecule has 0 radical (unpaired) electrons. The molecule has 31 heavy (non-hydrogen) atoms. The standard InChI is InChI=1S/C22H29N3O6/c1-15(26)23-18-13-22(30-11-12-31-22)9-7-19(18)25-10-8-17(20(25)27)24-21(28)29-14-16-5-3-2-4-6-16/h2-6,17-19H,7-14H2,1H3,(H,23,26)(H,24,28)/t17-,18-,19?/m0/s1. The molecule has 1 aliphatic carbocycles. The lowest BCUT2D eigenvalue weighted by molar-refractivity contribution is -0.191. The second-order valence-electron chi connectivity index (χ2n) is 8.30. The average Bonchev–Trinajstić information content (AvgIpc) is 3.34. The van der Waals surface area contributed by atoms with Crippen molar-refractivity contribution in [1.82, 2.24) is 15.5 Å². The Morgan fingerprint density at radius 1 is 1.16 bits per heavy atom. The van der Waals surface area contributed by atoms with Crippen molar-refractivity contribution in [2.45, 2.75) is 63.1 Å². The van der Waals surface area contributed by atoms with Crippen molar-refractivity contribution in [2.24, 2.45) is 0 Å². The molecule has 168 valence electrons. The number of alkyl carbamates (subject to hydrolysis) is 1. The molecule has 4 rings (SSSR count). The number of rotatable bonds is 5. The minimum Gasteiger partial charge on any atom is -0.445 e. The van der Waals surface area contributed by atoms with Crippen LogP contribution in [0.1, 0.15) is 38.2 Å². The molecule has 9 nitrogen and oxygen atoms in total. The predicted molar refractivity (Wildman–Crippen MR) is 110 cm³/mol. The number of carbonyl (C=O) groups is 3. The Balaban J connectivity index is 1.34. The van der Waals surface area contributed by atoms with Crippen LogP contribution in [0.15, 0.2) is 30.3 Å². The summed E-state index contributed by atoms with van der Waals surface area (Å²) in [6, 6.07) is 8.31. The maximum atomic E-state index is 13.0. The first-order valence-corrected chi connectivity index (χ1v) is 10.8. The third-order valence-electron chi connectivity index (χ3n) is 6.16. The molecule has 2 heterocycles. The number of benzene rings is 1. The number of nitrogens with one attached hydrogen (secondary N) is 2. The highest BCUT2D eigenvalue weighted by atomic mass is 16.7. The van der Waals surface area contributed by atoms with Crippen LogP contribution in [0.4, 0.5) is 4.79 Å². The van der Waals surface area contributed by atoms with E-state index >= 15 is 0 Å². The Morgan fingerprint density at radius 2 is 1.90 bits per heavy atom. The minimum absolute atomic E-state index is 0.145. The Kier molecular flexibility index (Phi) is 6.43. The molecule has 3 aliphatic rings. The van der Waals surface area contributed by atoms with Gasteiger partial charge < -0.3 is 29.7 Å². The summed E-state index contributed by atoms with van der Waals surface area (Å²) in [6.07, 6.45) is 1.70. The van der Waals surface area contributed by atoms with Crippen LogP contribution in [0.25, 0.3) is 0 Å². The number of hydrogen-bond donors (Lipinski definition) is 2. The zero-order valence-electron chi connectivity index (χ0n) is 17.7.